The standard InChI is InChI=1S/C10H12FN5O3/c1-19-5(3-17)2-6(11)16-4-13-7-8(16)14-10(12)15-9(7)18/h3-6H,2H2,1H3,(H3,12,14,15,18). The number of hydrogen-bond acceptors (Lipinski definition) is 6. The van der Waals surface area contributed by atoms with Crippen LogP contribution in [0.2, 0.25) is 0 Å². The van der Waals surface area contributed by atoms with Gasteiger partial charge in [-0.05, 0) is 0 Å². The summed E-state index contributed by atoms with van der Waals surface area (Å²) in [6, 6.07) is 0. The van der Waals surface area contributed by atoms with Crippen LogP contribution < -0.4 is 11.3 Å². The van der Waals surface area contributed by atoms with Crippen molar-refractivity contribution in [2.45, 2.75) is 18.8 Å². The lowest BCUT2D eigenvalue weighted by Crippen LogP contribution is -2.18. The van der Waals surface area contributed by atoms with Crippen LogP contribution in [0.25, 0.3) is 11.2 Å². The van der Waals surface area contributed by atoms with E-state index >= 15 is 0 Å². The molecule has 2 unspecified atom stereocenters. The number of fused-ring (bicyclic) bond motifs is 1. The molecule has 2 rings (SSSR count). The van der Waals surface area contributed by atoms with Gasteiger partial charge in [-0.25, -0.2) is 9.37 Å². The number of aldehydes is 1. The maximum absolute atomic E-state index is 14.1. The van der Waals surface area contributed by atoms with Gasteiger partial charge >= 0.3 is 0 Å². The zero-order chi connectivity index (χ0) is 14.0. The zero-order valence-electron chi connectivity index (χ0n) is 10.0. The molecule has 0 aromatic carbocycles. The van der Waals surface area contributed by atoms with E-state index in [9.17, 15) is 14.0 Å². The molecule has 102 valence electrons. The first-order valence-electron chi connectivity index (χ1n) is 5.41. The van der Waals surface area contributed by atoms with Gasteiger partial charge in [0.15, 0.2) is 17.5 Å². The summed E-state index contributed by atoms with van der Waals surface area (Å²) < 4.78 is 19.9. The summed E-state index contributed by atoms with van der Waals surface area (Å²) in [6.45, 7) is 0. The van der Waals surface area contributed by atoms with E-state index in [-0.39, 0.29) is 23.5 Å². The van der Waals surface area contributed by atoms with E-state index in [1.54, 1.807) is 0 Å². The normalized spacial score (nSPS) is 14.4. The Bertz CT molecular complexity index is 652. The quantitative estimate of drug-likeness (QED) is 0.724. The summed E-state index contributed by atoms with van der Waals surface area (Å²) in [5.41, 5.74) is 4.85. The maximum atomic E-state index is 14.1. The second-order valence-electron chi connectivity index (χ2n) is 3.86. The molecule has 3 N–H and O–H groups in total. The molecule has 2 heterocycles. The minimum absolute atomic E-state index is 0.0167. The van der Waals surface area contributed by atoms with Crippen LogP contribution in [0.4, 0.5) is 10.3 Å². The molecule has 0 radical (unpaired) electrons. The largest absolute Gasteiger partial charge is 0.374 e. The number of aromatic nitrogens is 4. The van der Waals surface area contributed by atoms with Crippen LogP contribution in [0.1, 0.15) is 12.7 Å². The summed E-state index contributed by atoms with van der Waals surface area (Å²) >= 11 is 0. The molecule has 0 fully saturated rings. The molecule has 9 heteroatoms. The van der Waals surface area contributed by atoms with Crippen molar-refractivity contribution in [3.8, 4) is 0 Å². The molecule has 2 aromatic heterocycles. The summed E-state index contributed by atoms with van der Waals surface area (Å²) in [5.74, 6) is -0.134. The Hall–Kier alpha value is -2.29. The van der Waals surface area contributed by atoms with Gasteiger partial charge in [-0.3, -0.25) is 14.3 Å². The maximum Gasteiger partial charge on any atom is 0.280 e. The summed E-state index contributed by atoms with van der Waals surface area (Å²) in [7, 11) is 1.30. The minimum Gasteiger partial charge on any atom is -0.374 e. The van der Waals surface area contributed by atoms with Gasteiger partial charge in [-0.1, -0.05) is 0 Å². The van der Waals surface area contributed by atoms with E-state index in [1.807, 2.05) is 0 Å². The highest BCUT2D eigenvalue weighted by atomic mass is 19.1. The summed E-state index contributed by atoms with van der Waals surface area (Å²) in [5, 5.41) is 0. The van der Waals surface area contributed by atoms with Gasteiger partial charge in [-0.15, -0.1) is 0 Å². The third-order valence-corrected chi connectivity index (χ3v) is 2.63. The van der Waals surface area contributed by atoms with Crippen LogP contribution in [0.5, 0.6) is 0 Å². The number of carbonyl (C=O) groups excluding carboxylic acids is 1. The van der Waals surface area contributed by atoms with Gasteiger partial charge in [0.2, 0.25) is 5.95 Å². The molecule has 19 heavy (non-hydrogen) atoms. The smallest absolute Gasteiger partial charge is 0.280 e. The molecule has 0 aliphatic rings. The number of hydrogen-bond donors (Lipinski definition) is 2. The third-order valence-electron chi connectivity index (χ3n) is 2.63. The van der Waals surface area contributed by atoms with E-state index in [0.29, 0.717) is 6.29 Å². The Kier molecular flexibility index (Phi) is 3.56. The van der Waals surface area contributed by atoms with Gasteiger partial charge in [0.25, 0.3) is 5.56 Å². The average molecular weight is 269 g/mol. The lowest BCUT2D eigenvalue weighted by Gasteiger charge is -2.13. The Morgan fingerprint density at radius 3 is 3.05 bits per heavy atom. The lowest BCUT2D eigenvalue weighted by atomic mass is 10.2. The summed E-state index contributed by atoms with van der Waals surface area (Å²) in [4.78, 5) is 32.0. The number of H-pyrrole nitrogens is 1. The van der Waals surface area contributed by atoms with Crippen molar-refractivity contribution in [2.24, 2.45) is 0 Å². The minimum atomic E-state index is -1.60. The number of anilines is 1. The van der Waals surface area contributed by atoms with Crippen molar-refractivity contribution in [3.63, 3.8) is 0 Å². The molecule has 2 aromatic rings. The van der Waals surface area contributed by atoms with Gasteiger partial charge in [0, 0.05) is 13.5 Å². The second-order valence-corrected chi connectivity index (χ2v) is 3.86. The van der Waals surface area contributed by atoms with Crippen molar-refractivity contribution in [1.29, 1.82) is 0 Å². The SMILES string of the molecule is COC(C=O)CC(F)n1cnc2c(=O)[nH]c(N)nc21. The number of nitrogens with two attached hydrogens (primary N) is 1. The predicted octanol–water partition coefficient (Wildman–Crippen LogP) is -0.226. The number of halogens is 1. The Morgan fingerprint density at radius 2 is 2.42 bits per heavy atom. The van der Waals surface area contributed by atoms with Crippen molar-refractivity contribution >= 4 is 23.4 Å². The van der Waals surface area contributed by atoms with E-state index < -0.39 is 18.0 Å². The summed E-state index contributed by atoms with van der Waals surface area (Å²) in [6.07, 6.45) is -1.06. The van der Waals surface area contributed by atoms with Crippen LogP contribution >= 0.6 is 0 Å². The number of nitrogen functional groups attached to an aromatic ring is 1. The number of alkyl halides is 1. The van der Waals surface area contributed by atoms with Crippen LogP contribution in [0.3, 0.4) is 0 Å². The number of rotatable bonds is 5. The molecule has 0 aliphatic heterocycles. The van der Waals surface area contributed by atoms with Crippen molar-refractivity contribution in [3.05, 3.63) is 16.7 Å². The van der Waals surface area contributed by atoms with E-state index in [0.717, 1.165) is 10.9 Å². The van der Waals surface area contributed by atoms with Crippen LogP contribution in [-0.2, 0) is 9.53 Å². The first-order chi connectivity index (χ1) is 9.06. The van der Waals surface area contributed by atoms with Crippen LogP contribution in [-0.4, -0.2) is 39.0 Å². The predicted molar refractivity (Wildman–Crippen MR) is 64.2 cm³/mol. The van der Waals surface area contributed by atoms with Crippen molar-refractivity contribution < 1.29 is 13.9 Å². The number of methoxy groups -OCH3 is 1. The fourth-order valence-electron chi connectivity index (χ4n) is 1.66. The molecular formula is C10H12FN5O3. The Labute approximate surface area is 106 Å². The van der Waals surface area contributed by atoms with Gasteiger partial charge in [-0.2, -0.15) is 4.98 Å². The molecule has 0 bridgehead atoms. The number of ether oxygens (including phenoxy) is 1. The number of imidazole rings is 1. The highest BCUT2D eigenvalue weighted by molar-refractivity contribution is 5.70. The number of carbonyl (C=O) groups is 1. The van der Waals surface area contributed by atoms with Crippen molar-refractivity contribution in [2.75, 3.05) is 12.8 Å². The van der Waals surface area contributed by atoms with Crippen LogP contribution in [0, 0.1) is 0 Å². The fraction of sp³-hybridized carbons (Fsp3) is 0.400. The lowest BCUT2D eigenvalue weighted by molar-refractivity contribution is -0.118. The molecule has 0 saturated carbocycles. The topological polar surface area (TPSA) is 116 Å². The first kappa shape index (κ1) is 13.1. The highest BCUT2D eigenvalue weighted by Gasteiger charge is 2.20. The van der Waals surface area contributed by atoms with Gasteiger partial charge in [0.1, 0.15) is 12.4 Å². The number of aromatic amines is 1. The average Bonchev–Trinajstić information content (AvgIpc) is 2.79. The van der Waals surface area contributed by atoms with Gasteiger partial charge in [0.05, 0.1) is 6.33 Å². The molecule has 2 atom stereocenters. The molecule has 0 aliphatic carbocycles. The number of nitrogens with zero attached hydrogens (tertiary/aromatic N) is 3. The highest BCUT2D eigenvalue weighted by Crippen LogP contribution is 2.20. The van der Waals surface area contributed by atoms with E-state index in [4.69, 9.17) is 10.5 Å². The second kappa shape index (κ2) is 5.14. The first-order valence-corrected chi connectivity index (χ1v) is 5.41. The fourth-order valence-corrected chi connectivity index (χ4v) is 1.66. The molecule has 8 nitrogen and oxygen atoms in total. The number of nitrogens with one attached hydrogen (secondary N) is 1. The molecule has 0 spiro atoms. The molecule has 0 amide bonds. The van der Waals surface area contributed by atoms with Crippen molar-refractivity contribution in [1.82, 2.24) is 19.5 Å². The zero-order valence-corrected chi connectivity index (χ0v) is 10.0. The monoisotopic (exact) mass is 269 g/mol. The van der Waals surface area contributed by atoms with E-state index in [1.165, 1.54) is 7.11 Å². The molecular weight excluding hydrogens is 257 g/mol. The van der Waals surface area contributed by atoms with Gasteiger partial charge < -0.3 is 15.3 Å². The Morgan fingerprint density at radius 1 is 1.68 bits per heavy atom. The van der Waals surface area contributed by atoms with E-state index in [2.05, 4.69) is 15.0 Å². The van der Waals surface area contributed by atoms with Crippen LogP contribution in [0.15, 0.2) is 11.1 Å². The Balaban J connectivity index is 2.40. The third kappa shape index (κ3) is 2.45. The molecule has 0 saturated heterocycles.